The van der Waals surface area contributed by atoms with Crippen molar-refractivity contribution in [2.45, 2.75) is 0 Å². The summed E-state index contributed by atoms with van der Waals surface area (Å²) in [4.78, 5) is 4.35. The van der Waals surface area contributed by atoms with E-state index in [-0.39, 0.29) is 5.82 Å². The van der Waals surface area contributed by atoms with Crippen LogP contribution >= 0.6 is 0 Å². The number of hydrogen-bond donors (Lipinski definition) is 1. The second kappa shape index (κ2) is 4.70. The third-order valence-corrected chi connectivity index (χ3v) is 3.83. The molecule has 1 aliphatic rings. The minimum Gasteiger partial charge on any atom is -0.398 e. The van der Waals surface area contributed by atoms with Gasteiger partial charge in [-0.15, -0.1) is 0 Å². The van der Waals surface area contributed by atoms with Gasteiger partial charge >= 0.3 is 0 Å². The number of rotatable bonds is 1. The predicted molar refractivity (Wildman–Crippen MR) is 78.0 cm³/mol. The lowest BCUT2D eigenvalue weighted by Gasteiger charge is -2.34. The lowest BCUT2D eigenvalue weighted by molar-refractivity contribution is 0.312. The summed E-state index contributed by atoms with van der Waals surface area (Å²) >= 11 is 0. The van der Waals surface area contributed by atoms with Crippen LogP contribution in [0.4, 0.5) is 15.8 Å². The third kappa shape index (κ3) is 2.24. The van der Waals surface area contributed by atoms with Gasteiger partial charge in [-0.3, -0.25) is 0 Å². The minimum absolute atomic E-state index is 0.164. The van der Waals surface area contributed by atoms with Crippen LogP contribution in [0.2, 0.25) is 0 Å². The van der Waals surface area contributed by atoms with Crippen LogP contribution in [0.1, 0.15) is 0 Å². The molecule has 0 amide bonds. The number of fused-ring (bicyclic) bond motifs is 1. The summed E-state index contributed by atoms with van der Waals surface area (Å²) < 4.78 is 14.2. The fourth-order valence-corrected chi connectivity index (χ4v) is 2.60. The highest BCUT2D eigenvalue weighted by Crippen LogP contribution is 2.29. The summed E-state index contributed by atoms with van der Waals surface area (Å²) in [5.74, 6) is -0.164. The Morgan fingerprint density at radius 2 is 1.84 bits per heavy atom. The highest BCUT2D eigenvalue weighted by molar-refractivity contribution is 5.95. The van der Waals surface area contributed by atoms with Crippen molar-refractivity contribution in [3.05, 3.63) is 36.1 Å². The van der Waals surface area contributed by atoms with Crippen molar-refractivity contribution in [1.82, 2.24) is 4.90 Å². The first-order chi connectivity index (χ1) is 9.15. The maximum Gasteiger partial charge on any atom is 0.147 e. The van der Waals surface area contributed by atoms with Gasteiger partial charge in [0.2, 0.25) is 0 Å². The molecule has 0 atom stereocenters. The summed E-state index contributed by atoms with van der Waals surface area (Å²) in [5, 5.41) is 1.79. The molecule has 2 aromatic carbocycles. The van der Waals surface area contributed by atoms with E-state index in [9.17, 15) is 4.39 Å². The van der Waals surface area contributed by atoms with E-state index in [0.717, 1.165) is 37.0 Å². The van der Waals surface area contributed by atoms with Crippen LogP contribution in [0.3, 0.4) is 0 Å². The number of halogens is 1. The summed E-state index contributed by atoms with van der Waals surface area (Å²) in [7, 11) is 2.09. The zero-order valence-electron chi connectivity index (χ0n) is 11.1. The lowest BCUT2D eigenvalue weighted by atomic mass is 10.1. The average Bonchev–Trinajstić information content (AvgIpc) is 2.40. The summed E-state index contributed by atoms with van der Waals surface area (Å²) in [5.41, 5.74) is 7.34. The second-order valence-electron chi connectivity index (χ2n) is 5.16. The molecule has 0 spiro atoms. The lowest BCUT2D eigenvalue weighted by Crippen LogP contribution is -2.44. The van der Waals surface area contributed by atoms with Crippen molar-refractivity contribution in [2.75, 3.05) is 43.9 Å². The second-order valence-corrected chi connectivity index (χ2v) is 5.16. The molecule has 4 heteroatoms. The molecule has 19 heavy (non-hydrogen) atoms. The van der Waals surface area contributed by atoms with Gasteiger partial charge < -0.3 is 15.5 Å². The molecular formula is C15H18FN3. The predicted octanol–water partition coefficient (Wildman–Crippen LogP) is 2.31. The van der Waals surface area contributed by atoms with Crippen molar-refractivity contribution in [3.63, 3.8) is 0 Å². The third-order valence-electron chi connectivity index (χ3n) is 3.83. The minimum atomic E-state index is -0.164. The number of anilines is 2. The van der Waals surface area contributed by atoms with Crippen molar-refractivity contribution in [2.24, 2.45) is 0 Å². The van der Waals surface area contributed by atoms with Crippen molar-refractivity contribution >= 4 is 22.1 Å². The van der Waals surface area contributed by atoms with Crippen molar-refractivity contribution in [1.29, 1.82) is 0 Å². The molecule has 1 aliphatic heterocycles. The van der Waals surface area contributed by atoms with Crippen LogP contribution in [-0.4, -0.2) is 38.1 Å². The van der Waals surface area contributed by atoms with E-state index < -0.39 is 0 Å². The first-order valence-electron chi connectivity index (χ1n) is 6.56. The van der Waals surface area contributed by atoms with Crippen LogP contribution in [0.25, 0.3) is 10.8 Å². The van der Waals surface area contributed by atoms with Crippen molar-refractivity contribution in [3.8, 4) is 0 Å². The number of nitrogen functional groups attached to an aromatic ring is 1. The summed E-state index contributed by atoms with van der Waals surface area (Å²) in [6.45, 7) is 3.63. The quantitative estimate of drug-likeness (QED) is 0.798. The molecule has 0 bridgehead atoms. The maximum atomic E-state index is 14.2. The number of benzene rings is 2. The number of piperazine rings is 1. The molecule has 1 heterocycles. The van der Waals surface area contributed by atoms with Gasteiger partial charge in [0.1, 0.15) is 5.82 Å². The zero-order chi connectivity index (χ0) is 13.4. The Kier molecular flexibility index (Phi) is 3.03. The SMILES string of the molecule is CN1CCN(c2cc3c(N)cccc3cc2F)CC1. The molecule has 100 valence electrons. The van der Waals surface area contributed by atoms with Gasteiger partial charge in [-0.05, 0) is 30.6 Å². The Labute approximate surface area is 112 Å². The van der Waals surface area contributed by atoms with Crippen LogP contribution in [0, 0.1) is 5.82 Å². The largest absolute Gasteiger partial charge is 0.398 e. The molecule has 0 aromatic heterocycles. The first-order valence-corrected chi connectivity index (χ1v) is 6.56. The molecule has 0 saturated carbocycles. The van der Waals surface area contributed by atoms with Crippen molar-refractivity contribution < 1.29 is 4.39 Å². The molecule has 3 nitrogen and oxygen atoms in total. The average molecular weight is 259 g/mol. The number of nitrogens with two attached hydrogens (primary N) is 1. The maximum absolute atomic E-state index is 14.2. The first kappa shape index (κ1) is 12.2. The topological polar surface area (TPSA) is 32.5 Å². The summed E-state index contributed by atoms with van der Waals surface area (Å²) in [6, 6.07) is 9.06. The Morgan fingerprint density at radius 3 is 2.58 bits per heavy atom. The van der Waals surface area contributed by atoms with Crippen LogP contribution in [-0.2, 0) is 0 Å². The van der Waals surface area contributed by atoms with E-state index >= 15 is 0 Å². The fraction of sp³-hybridized carbons (Fsp3) is 0.333. The van der Waals surface area contributed by atoms with E-state index in [1.54, 1.807) is 6.07 Å². The van der Waals surface area contributed by atoms with E-state index in [0.29, 0.717) is 11.4 Å². The smallest absolute Gasteiger partial charge is 0.147 e. The monoisotopic (exact) mass is 259 g/mol. The highest BCUT2D eigenvalue weighted by atomic mass is 19.1. The fourth-order valence-electron chi connectivity index (χ4n) is 2.60. The molecule has 2 N–H and O–H groups in total. The van der Waals surface area contributed by atoms with Gasteiger partial charge in [-0.1, -0.05) is 12.1 Å². The molecule has 0 aliphatic carbocycles. The van der Waals surface area contributed by atoms with Gasteiger partial charge in [0.05, 0.1) is 5.69 Å². The molecule has 2 aromatic rings. The number of nitrogens with zero attached hydrogens (tertiary/aromatic N) is 2. The van der Waals surface area contributed by atoms with Gasteiger partial charge in [0.15, 0.2) is 0 Å². The molecule has 3 rings (SSSR count). The Hall–Kier alpha value is -1.81. The highest BCUT2D eigenvalue weighted by Gasteiger charge is 2.18. The normalized spacial score (nSPS) is 17.1. The molecular weight excluding hydrogens is 241 g/mol. The van der Waals surface area contributed by atoms with Gasteiger partial charge in [0.25, 0.3) is 0 Å². The molecule has 0 radical (unpaired) electrons. The molecule has 1 fully saturated rings. The van der Waals surface area contributed by atoms with Crippen LogP contribution in [0.5, 0.6) is 0 Å². The van der Waals surface area contributed by atoms with Crippen LogP contribution in [0.15, 0.2) is 30.3 Å². The van der Waals surface area contributed by atoms with Gasteiger partial charge in [-0.2, -0.15) is 0 Å². The van der Waals surface area contributed by atoms with Gasteiger partial charge in [0, 0.05) is 37.3 Å². The Balaban J connectivity index is 2.03. The molecule has 0 unspecified atom stereocenters. The van der Waals surface area contributed by atoms with Gasteiger partial charge in [-0.25, -0.2) is 4.39 Å². The van der Waals surface area contributed by atoms with E-state index in [1.807, 2.05) is 24.3 Å². The Morgan fingerprint density at radius 1 is 1.11 bits per heavy atom. The van der Waals surface area contributed by atoms with E-state index in [1.165, 1.54) is 0 Å². The van der Waals surface area contributed by atoms with E-state index in [2.05, 4.69) is 16.8 Å². The number of likely N-dealkylation sites (N-methyl/N-ethyl adjacent to an activating group) is 1. The molecule has 1 saturated heterocycles. The summed E-state index contributed by atoms with van der Waals surface area (Å²) in [6.07, 6.45) is 0. The van der Waals surface area contributed by atoms with Crippen LogP contribution < -0.4 is 10.6 Å². The standard InChI is InChI=1S/C15H18FN3/c1-18-5-7-19(8-6-18)15-10-12-11(9-13(15)16)3-2-4-14(12)17/h2-4,9-10H,5-8,17H2,1H3. The zero-order valence-corrected chi connectivity index (χ0v) is 11.1. The Bertz CT molecular complexity index is 604. The van der Waals surface area contributed by atoms with E-state index in [4.69, 9.17) is 5.73 Å². The number of hydrogen-bond acceptors (Lipinski definition) is 3.